The Morgan fingerprint density at radius 1 is 0.761 bits per heavy atom. The highest BCUT2D eigenvalue weighted by Gasteiger charge is 2.43. The quantitative estimate of drug-likeness (QED) is 0.0716. The molecule has 2 aromatic carbocycles. The SMILES string of the molecule is CCCCCCC(CCCCCC)N(Cc1ccc(CC(C)C)cc1)C(Nc1ccc(N(C)C)cc1)=C1C(=O)OC(C)(C)OC1=O. The van der Waals surface area contributed by atoms with Crippen molar-refractivity contribution in [2.75, 3.05) is 24.3 Å². The van der Waals surface area contributed by atoms with Crippen LogP contribution in [0.1, 0.15) is 117 Å². The maximum atomic E-state index is 13.7. The maximum Gasteiger partial charge on any atom is 0.352 e. The number of carbonyl (C=O) groups is 2. The summed E-state index contributed by atoms with van der Waals surface area (Å²) >= 11 is 0. The third-order valence-corrected chi connectivity index (χ3v) is 8.50. The molecule has 0 spiro atoms. The second-order valence-corrected chi connectivity index (χ2v) is 13.9. The predicted molar refractivity (Wildman–Crippen MR) is 190 cm³/mol. The number of carbonyl (C=O) groups excluding carboxylic acids is 2. The van der Waals surface area contributed by atoms with E-state index in [4.69, 9.17) is 9.47 Å². The third-order valence-electron chi connectivity index (χ3n) is 8.50. The number of cyclic esters (lactones) is 2. The van der Waals surface area contributed by atoms with Gasteiger partial charge in [0.1, 0.15) is 5.82 Å². The summed E-state index contributed by atoms with van der Waals surface area (Å²) in [6, 6.07) is 16.9. The molecule has 1 aliphatic rings. The fourth-order valence-corrected chi connectivity index (χ4v) is 6.01. The molecule has 0 atom stereocenters. The molecule has 0 saturated carbocycles. The van der Waals surface area contributed by atoms with Crippen LogP contribution >= 0.6 is 0 Å². The molecule has 1 saturated heterocycles. The molecule has 0 bridgehead atoms. The lowest BCUT2D eigenvalue weighted by Gasteiger charge is -2.39. The van der Waals surface area contributed by atoms with Crippen molar-refractivity contribution >= 4 is 23.3 Å². The van der Waals surface area contributed by atoms with Crippen LogP contribution < -0.4 is 10.2 Å². The van der Waals surface area contributed by atoms with Gasteiger partial charge in [-0.3, -0.25) is 0 Å². The molecule has 0 amide bonds. The average molecular weight is 634 g/mol. The van der Waals surface area contributed by atoms with Crippen molar-refractivity contribution in [1.82, 2.24) is 4.90 Å². The number of benzene rings is 2. The molecule has 0 radical (unpaired) electrons. The number of unbranched alkanes of at least 4 members (excludes halogenated alkanes) is 6. The minimum absolute atomic E-state index is 0.0837. The number of ether oxygens (including phenoxy) is 2. The van der Waals surface area contributed by atoms with Crippen LogP contribution in [0.3, 0.4) is 0 Å². The molecule has 46 heavy (non-hydrogen) atoms. The van der Waals surface area contributed by atoms with Crippen LogP contribution in [0.2, 0.25) is 0 Å². The fourth-order valence-electron chi connectivity index (χ4n) is 6.01. The molecule has 0 aromatic heterocycles. The van der Waals surface area contributed by atoms with Gasteiger partial charge in [0.05, 0.1) is 0 Å². The van der Waals surface area contributed by atoms with Gasteiger partial charge in [-0.25, -0.2) is 9.59 Å². The molecule has 7 heteroatoms. The molecular weight excluding hydrogens is 574 g/mol. The second kappa shape index (κ2) is 18.0. The number of esters is 2. The van der Waals surface area contributed by atoms with E-state index in [2.05, 4.69) is 62.2 Å². The van der Waals surface area contributed by atoms with Crippen molar-refractivity contribution in [3.8, 4) is 0 Å². The minimum Gasteiger partial charge on any atom is -0.419 e. The maximum absolute atomic E-state index is 13.7. The zero-order valence-electron chi connectivity index (χ0n) is 29.8. The van der Waals surface area contributed by atoms with Gasteiger partial charge in [0.2, 0.25) is 0 Å². The van der Waals surface area contributed by atoms with Crippen molar-refractivity contribution in [2.24, 2.45) is 5.92 Å². The molecule has 2 aromatic rings. The molecule has 0 aliphatic carbocycles. The summed E-state index contributed by atoms with van der Waals surface area (Å²) in [7, 11) is 4.00. The lowest BCUT2D eigenvalue weighted by Crippen LogP contribution is -2.46. The summed E-state index contributed by atoms with van der Waals surface area (Å²) in [5, 5.41) is 3.53. The van der Waals surface area contributed by atoms with E-state index in [1.54, 1.807) is 13.8 Å². The van der Waals surface area contributed by atoms with Gasteiger partial charge in [-0.1, -0.05) is 103 Å². The van der Waals surface area contributed by atoms with Gasteiger partial charge in [0.25, 0.3) is 5.79 Å². The molecule has 254 valence electrons. The number of rotatable bonds is 19. The highest BCUT2D eigenvalue weighted by atomic mass is 16.7. The molecule has 3 rings (SSSR count). The van der Waals surface area contributed by atoms with Gasteiger partial charge in [-0.2, -0.15) is 0 Å². The minimum atomic E-state index is -1.33. The van der Waals surface area contributed by atoms with Crippen molar-refractivity contribution in [1.29, 1.82) is 0 Å². The Kier molecular flexibility index (Phi) is 14.5. The first-order valence-electron chi connectivity index (χ1n) is 17.5. The van der Waals surface area contributed by atoms with Gasteiger partial charge in [-0.05, 0) is 60.6 Å². The largest absolute Gasteiger partial charge is 0.419 e. The van der Waals surface area contributed by atoms with Gasteiger partial charge >= 0.3 is 11.9 Å². The number of hydrogen-bond acceptors (Lipinski definition) is 7. The van der Waals surface area contributed by atoms with Crippen LogP contribution in [0, 0.1) is 5.92 Å². The Morgan fingerprint density at radius 3 is 1.76 bits per heavy atom. The molecule has 1 fully saturated rings. The van der Waals surface area contributed by atoms with Gasteiger partial charge < -0.3 is 24.6 Å². The van der Waals surface area contributed by atoms with Crippen molar-refractivity contribution in [3.63, 3.8) is 0 Å². The Labute approximate surface area is 278 Å². The summed E-state index contributed by atoms with van der Waals surface area (Å²) in [6.07, 6.45) is 12.1. The first-order valence-corrected chi connectivity index (χ1v) is 17.5. The van der Waals surface area contributed by atoms with Crippen LogP contribution in [-0.2, 0) is 32.0 Å². The molecule has 1 N–H and O–H groups in total. The van der Waals surface area contributed by atoms with E-state index in [9.17, 15) is 9.59 Å². The van der Waals surface area contributed by atoms with E-state index in [1.165, 1.54) is 31.2 Å². The highest BCUT2D eigenvalue weighted by molar-refractivity contribution is 6.16. The topological polar surface area (TPSA) is 71.1 Å². The first-order chi connectivity index (χ1) is 21.9. The van der Waals surface area contributed by atoms with E-state index in [0.29, 0.717) is 18.3 Å². The van der Waals surface area contributed by atoms with Crippen molar-refractivity contribution in [3.05, 3.63) is 71.1 Å². The van der Waals surface area contributed by atoms with E-state index in [1.807, 2.05) is 43.3 Å². The van der Waals surface area contributed by atoms with E-state index >= 15 is 0 Å². The standard InChI is InChI=1S/C39H59N3O4/c1-9-11-13-15-17-34(18-16-14-12-10-2)42(28-31-21-19-30(20-22-31)27-29(3)4)36(35-37(43)45-39(5,6)46-38(35)44)40-32-23-25-33(26-24-32)41(7)8/h19-26,29,34,40H,9-18,27-28H2,1-8H3. The summed E-state index contributed by atoms with van der Waals surface area (Å²) in [6.45, 7) is 12.6. The average Bonchev–Trinajstić information content (AvgIpc) is 2.98. The van der Waals surface area contributed by atoms with Crippen molar-refractivity contribution in [2.45, 2.75) is 131 Å². The lowest BCUT2D eigenvalue weighted by molar-refractivity contribution is -0.222. The van der Waals surface area contributed by atoms with E-state index < -0.39 is 17.7 Å². The summed E-state index contributed by atoms with van der Waals surface area (Å²) in [4.78, 5) is 31.6. The van der Waals surface area contributed by atoms with Crippen LogP contribution in [-0.4, -0.2) is 42.8 Å². The van der Waals surface area contributed by atoms with Gasteiger partial charge in [-0.15, -0.1) is 0 Å². The summed E-state index contributed by atoms with van der Waals surface area (Å²) in [5.74, 6) is -1.63. The zero-order chi connectivity index (χ0) is 33.7. The first kappa shape index (κ1) is 37.0. The smallest absolute Gasteiger partial charge is 0.352 e. The third kappa shape index (κ3) is 11.4. The van der Waals surface area contributed by atoms with Crippen LogP contribution in [0.25, 0.3) is 0 Å². The van der Waals surface area contributed by atoms with Gasteiger partial charge in [0.15, 0.2) is 5.57 Å². The van der Waals surface area contributed by atoms with E-state index in [-0.39, 0.29) is 11.6 Å². The Morgan fingerprint density at radius 2 is 1.28 bits per heavy atom. The highest BCUT2D eigenvalue weighted by Crippen LogP contribution is 2.32. The van der Waals surface area contributed by atoms with Crippen LogP contribution in [0.5, 0.6) is 0 Å². The fraction of sp³-hybridized carbons (Fsp3) is 0.590. The molecule has 1 aliphatic heterocycles. The van der Waals surface area contributed by atoms with Crippen LogP contribution in [0.4, 0.5) is 11.4 Å². The number of nitrogens with zero attached hydrogens (tertiary/aromatic N) is 2. The molecule has 0 unspecified atom stereocenters. The predicted octanol–water partition coefficient (Wildman–Crippen LogP) is 9.22. The summed E-state index contributed by atoms with van der Waals surface area (Å²) in [5.41, 5.74) is 4.19. The number of anilines is 2. The molecular formula is C39H59N3O4. The van der Waals surface area contributed by atoms with Crippen LogP contribution in [0.15, 0.2) is 59.9 Å². The van der Waals surface area contributed by atoms with Gasteiger partial charge in [0, 0.05) is 51.9 Å². The summed E-state index contributed by atoms with van der Waals surface area (Å²) < 4.78 is 11.3. The molecule has 1 heterocycles. The zero-order valence-corrected chi connectivity index (χ0v) is 29.8. The van der Waals surface area contributed by atoms with E-state index in [0.717, 1.165) is 61.9 Å². The lowest BCUT2D eigenvalue weighted by atomic mass is 9.97. The van der Waals surface area contributed by atoms with Crippen molar-refractivity contribution < 1.29 is 19.1 Å². The second-order valence-electron chi connectivity index (χ2n) is 13.9. The Bertz CT molecular complexity index is 1230. The monoisotopic (exact) mass is 633 g/mol. The Balaban J connectivity index is 2.15. The number of nitrogens with one attached hydrogen (secondary N) is 1. The number of hydrogen-bond donors (Lipinski definition) is 1. The Hall–Kier alpha value is -3.48. The normalized spacial score (nSPS) is 14.3. The molecule has 7 nitrogen and oxygen atoms in total.